The molecule has 0 aromatic heterocycles. The van der Waals surface area contributed by atoms with Gasteiger partial charge in [-0.2, -0.15) is 0 Å². The van der Waals surface area contributed by atoms with Gasteiger partial charge < -0.3 is 21.1 Å². The maximum atomic E-state index is 11.9. The van der Waals surface area contributed by atoms with Crippen LogP contribution in [0, 0.1) is 0 Å². The molecule has 0 bridgehead atoms. The van der Waals surface area contributed by atoms with Crippen molar-refractivity contribution < 1.29 is 9.53 Å². The lowest BCUT2D eigenvalue weighted by molar-refractivity contribution is 0.0955. The number of benzene rings is 1. The van der Waals surface area contributed by atoms with Crippen molar-refractivity contribution in [2.75, 3.05) is 26.8 Å². The molecule has 6 nitrogen and oxygen atoms in total. The van der Waals surface area contributed by atoms with Gasteiger partial charge in [-0.1, -0.05) is 23.7 Å². The van der Waals surface area contributed by atoms with E-state index in [1.54, 1.807) is 31.4 Å². The molecule has 0 fully saturated rings. The van der Waals surface area contributed by atoms with Gasteiger partial charge in [0.1, 0.15) is 0 Å². The van der Waals surface area contributed by atoms with Crippen LogP contribution in [0.25, 0.3) is 0 Å². The van der Waals surface area contributed by atoms with E-state index in [1.165, 1.54) is 0 Å². The molecular weight excluding hydrogens is 419 g/mol. The van der Waals surface area contributed by atoms with E-state index in [-0.39, 0.29) is 35.9 Å². The molecule has 0 aliphatic carbocycles. The van der Waals surface area contributed by atoms with E-state index in [9.17, 15) is 4.79 Å². The van der Waals surface area contributed by atoms with Gasteiger partial charge in [0.05, 0.1) is 23.7 Å². The molecule has 1 unspecified atom stereocenters. The van der Waals surface area contributed by atoms with Crippen molar-refractivity contribution in [3.8, 4) is 0 Å². The van der Waals surface area contributed by atoms with Crippen LogP contribution in [0.4, 0.5) is 0 Å². The third kappa shape index (κ3) is 7.81. The standard InChI is InChI=1S/C14H21ClN4O2.HI/c1-10(9-21-2)19-14(16)18-8-7-17-13(20)11-5-3-4-6-12(11)15;/h3-6,10H,7-9H2,1-2H3,(H,17,20)(H3,16,18,19);1H. The van der Waals surface area contributed by atoms with Crippen LogP contribution in [0.2, 0.25) is 5.02 Å². The predicted octanol–water partition coefficient (Wildman–Crippen LogP) is 1.63. The zero-order chi connectivity index (χ0) is 15.7. The number of carbonyl (C=O) groups is 1. The Kier molecular flexibility index (Phi) is 10.9. The molecule has 22 heavy (non-hydrogen) atoms. The molecule has 1 atom stereocenters. The first kappa shape index (κ1) is 20.9. The van der Waals surface area contributed by atoms with Gasteiger partial charge in [-0.05, 0) is 19.1 Å². The Morgan fingerprint density at radius 1 is 1.45 bits per heavy atom. The summed E-state index contributed by atoms with van der Waals surface area (Å²) in [4.78, 5) is 16.0. The van der Waals surface area contributed by atoms with Gasteiger partial charge in [0.25, 0.3) is 5.91 Å². The van der Waals surface area contributed by atoms with Gasteiger partial charge >= 0.3 is 0 Å². The zero-order valence-electron chi connectivity index (χ0n) is 12.6. The van der Waals surface area contributed by atoms with Crippen molar-refractivity contribution in [3.63, 3.8) is 0 Å². The van der Waals surface area contributed by atoms with Crippen LogP contribution in [0.5, 0.6) is 0 Å². The van der Waals surface area contributed by atoms with E-state index < -0.39 is 0 Å². The van der Waals surface area contributed by atoms with Crippen LogP contribution in [0.3, 0.4) is 0 Å². The SMILES string of the molecule is COCC(C)NC(N)=NCCNC(=O)c1ccccc1Cl.I. The van der Waals surface area contributed by atoms with Crippen LogP contribution >= 0.6 is 35.6 Å². The number of amides is 1. The number of guanidine groups is 1. The van der Waals surface area contributed by atoms with E-state index in [0.717, 1.165) is 0 Å². The molecule has 0 spiro atoms. The molecule has 0 aliphatic rings. The molecule has 0 heterocycles. The quantitative estimate of drug-likeness (QED) is 0.260. The van der Waals surface area contributed by atoms with Crippen LogP contribution in [-0.4, -0.2) is 44.7 Å². The summed E-state index contributed by atoms with van der Waals surface area (Å²) in [5.41, 5.74) is 6.15. The van der Waals surface area contributed by atoms with Crippen molar-refractivity contribution in [1.82, 2.24) is 10.6 Å². The number of methoxy groups -OCH3 is 1. The second kappa shape index (κ2) is 11.5. The number of rotatable bonds is 7. The molecule has 0 saturated heterocycles. The maximum absolute atomic E-state index is 11.9. The highest BCUT2D eigenvalue weighted by Crippen LogP contribution is 2.14. The first-order valence-electron chi connectivity index (χ1n) is 6.62. The summed E-state index contributed by atoms with van der Waals surface area (Å²) in [7, 11) is 1.62. The number of aliphatic imine (C=N–C) groups is 1. The Morgan fingerprint density at radius 2 is 2.14 bits per heavy atom. The normalized spacial score (nSPS) is 12.2. The Hall–Kier alpha value is -1.06. The van der Waals surface area contributed by atoms with Crippen molar-refractivity contribution in [2.45, 2.75) is 13.0 Å². The van der Waals surface area contributed by atoms with E-state index in [4.69, 9.17) is 22.1 Å². The summed E-state index contributed by atoms with van der Waals surface area (Å²) >= 11 is 5.94. The Bertz CT molecular complexity index is 499. The van der Waals surface area contributed by atoms with Crippen LogP contribution in [0.15, 0.2) is 29.3 Å². The lowest BCUT2D eigenvalue weighted by Crippen LogP contribution is -2.41. The van der Waals surface area contributed by atoms with Crippen molar-refractivity contribution >= 4 is 47.4 Å². The first-order chi connectivity index (χ1) is 10.0. The first-order valence-corrected chi connectivity index (χ1v) is 7.00. The average Bonchev–Trinajstić information content (AvgIpc) is 2.44. The van der Waals surface area contributed by atoms with Gasteiger partial charge in [-0.25, -0.2) is 0 Å². The molecule has 1 aromatic carbocycles. The van der Waals surface area contributed by atoms with E-state index in [1.807, 2.05) is 6.92 Å². The Balaban J connectivity index is 0.00000441. The highest BCUT2D eigenvalue weighted by molar-refractivity contribution is 14.0. The zero-order valence-corrected chi connectivity index (χ0v) is 15.7. The van der Waals surface area contributed by atoms with E-state index in [2.05, 4.69) is 15.6 Å². The molecule has 1 rings (SSSR count). The topological polar surface area (TPSA) is 88.7 Å². The third-order valence-corrected chi connectivity index (χ3v) is 2.94. The number of nitrogens with two attached hydrogens (primary N) is 1. The molecule has 0 saturated carbocycles. The average molecular weight is 441 g/mol. The van der Waals surface area contributed by atoms with Crippen LogP contribution in [-0.2, 0) is 4.74 Å². The van der Waals surface area contributed by atoms with Crippen LogP contribution < -0.4 is 16.4 Å². The number of ether oxygens (including phenoxy) is 1. The lowest BCUT2D eigenvalue weighted by Gasteiger charge is -2.13. The number of nitrogens with one attached hydrogen (secondary N) is 2. The summed E-state index contributed by atoms with van der Waals surface area (Å²) in [5, 5.41) is 6.14. The summed E-state index contributed by atoms with van der Waals surface area (Å²) in [6.07, 6.45) is 0. The minimum absolute atomic E-state index is 0. The number of nitrogens with zero attached hydrogens (tertiary/aromatic N) is 1. The highest BCUT2D eigenvalue weighted by atomic mass is 127. The van der Waals surface area contributed by atoms with Crippen molar-refractivity contribution in [1.29, 1.82) is 0 Å². The monoisotopic (exact) mass is 440 g/mol. The van der Waals surface area contributed by atoms with Gasteiger partial charge in [0.2, 0.25) is 0 Å². The minimum atomic E-state index is -0.227. The molecule has 4 N–H and O–H groups in total. The summed E-state index contributed by atoms with van der Waals surface area (Å²) < 4.78 is 4.98. The number of carbonyl (C=O) groups excluding carboxylic acids is 1. The second-order valence-electron chi connectivity index (χ2n) is 4.50. The van der Waals surface area contributed by atoms with Crippen molar-refractivity contribution in [2.24, 2.45) is 10.7 Å². The fourth-order valence-corrected chi connectivity index (χ4v) is 1.90. The lowest BCUT2D eigenvalue weighted by atomic mass is 10.2. The number of hydrogen-bond donors (Lipinski definition) is 3. The molecule has 0 aliphatic heterocycles. The summed E-state index contributed by atoms with van der Waals surface area (Å²) in [5.74, 6) is 0.0987. The smallest absolute Gasteiger partial charge is 0.252 e. The molecule has 8 heteroatoms. The van der Waals surface area contributed by atoms with Crippen LogP contribution in [0.1, 0.15) is 17.3 Å². The Labute approximate surface area is 152 Å². The fraction of sp³-hybridized carbons (Fsp3) is 0.429. The van der Waals surface area contributed by atoms with Gasteiger partial charge in [0.15, 0.2) is 5.96 Å². The number of halogens is 2. The number of hydrogen-bond acceptors (Lipinski definition) is 3. The van der Waals surface area contributed by atoms with E-state index in [0.29, 0.717) is 36.2 Å². The predicted molar refractivity (Wildman–Crippen MR) is 100 cm³/mol. The minimum Gasteiger partial charge on any atom is -0.383 e. The summed E-state index contributed by atoms with van der Waals surface area (Å²) in [6.45, 7) is 3.24. The van der Waals surface area contributed by atoms with E-state index >= 15 is 0 Å². The maximum Gasteiger partial charge on any atom is 0.252 e. The molecular formula is C14H22ClIN4O2. The third-order valence-electron chi connectivity index (χ3n) is 2.61. The molecule has 1 aromatic rings. The molecule has 124 valence electrons. The molecule has 1 amide bonds. The fourth-order valence-electron chi connectivity index (χ4n) is 1.68. The van der Waals surface area contributed by atoms with Gasteiger partial charge in [0, 0.05) is 19.7 Å². The van der Waals surface area contributed by atoms with Gasteiger partial charge in [-0.3, -0.25) is 9.79 Å². The Morgan fingerprint density at radius 3 is 2.77 bits per heavy atom. The largest absolute Gasteiger partial charge is 0.383 e. The highest BCUT2D eigenvalue weighted by Gasteiger charge is 2.08. The summed E-state index contributed by atoms with van der Waals surface area (Å²) in [6, 6.07) is 6.96. The molecule has 0 radical (unpaired) electrons. The second-order valence-corrected chi connectivity index (χ2v) is 4.91. The van der Waals surface area contributed by atoms with Gasteiger partial charge in [-0.15, -0.1) is 24.0 Å². The van der Waals surface area contributed by atoms with Crippen molar-refractivity contribution in [3.05, 3.63) is 34.9 Å².